The van der Waals surface area contributed by atoms with E-state index in [1.54, 1.807) is 0 Å². The van der Waals surface area contributed by atoms with Gasteiger partial charge >= 0.3 is 0 Å². The molecule has 1 atom stereocenters. The molecule has 0 radical (unpaired) electrons. The molecule has 2 N–H and O–H groups in total. The average Bonchev–Trinajstić information content (AvgIpc) is 2.59. The first kappa shape index (κ1) is 13.9. The lowest BCUT2D eigenvalue weighted by molar-refractivity contribution is 0.262. The molecule has 0 spiro atoms. The first-order valence-corrected chi connectivity index (χ1v) is 7.61. The van der Waals surface area contributed by atoms with Crippen LogP contribution < -0.4 is 5.73 Å². The van der Waals surface area contributed by atoms with Crippen molar-refractivity contribution in [1.29, 1.82) is 0 Å². The van der Waals surface area contributed by atoms with Crippen LogP contribution in [0.5, 0.6) is 0 Å². The Kier molecular flexibility index (Phi) is 3.96. The highest BCUT2D eigenvalue weighted by molar-refractivity contribution is 6.35. The quantitative estimate of drug-likeness (QED) is 0.925. The summed E-state index contributed by atoms with van der Waals surface area (Å²) < 4.78 is 1.91. The minimum Gasteiger partial charge on any atom is -0.327 e. The first-order valence-electron chi connectivity index (χ1n) is 7.23. The smallest absolute Gasteiger partial charge is 0.0858 e. The van der Waals surface area contributed by atoms with Crippen LogP contribution >= 0.6 is 11.6 Å². The monoisotopic (exact) mass is 292 g/mol. The number of aryl methyl sites for hydroxylation is 1. The zero-order chi connectivity index (χ0) is 14.1. The number of fused-ring (bicyclic) bond motifs is 1. The molecule has 108 valence electrons. The summed E-state index contributed by atoms with van der Waals surface area (Å²) in [6.07, 6.45) is 3.56. The summed E-state index contributed by atoms with van der Waals surface area (Å²) in [4.78, 5) is 2.41. The van der Waals surface area contributed by atoms with E-state index in [-0.39, 0.29) is 6.04 Å². The average molecular weight is 293 g/mol. The second-order valence-electron chi connectivity index (χ2n) is 5.70. The maximum absolute atomic E-state index is 6.36. The molecule has 0 amide bonds. The lowest BCUT2D eigenvalue weighted by Gasteiger charge is -2.21. The van der Waals surface area contributed by atoms with Crippen LogP contribution in [0.3, 0.4) is 0 Å². The number of hydrogen-bond donors (Lipinski definition) is 1. The fourth-order valence-electron chi connectivity index (χ4n) is 3.08. The molecule has 0 aliphatic carbocycles. The van der Waals surface area contributed by atoms with Crippen molar-refractivity contribution in [3.05, 3.63) is 28.9 Å². The number of likely N-dealkylation sites (tertiary alicyclic amines) is 1. The molecular weight excluding hydrogens is 272 g/mol. The predicted molar refractivity (Wildman–Crippen MR) is 82.8 cm³/mol. The molecule has 1 aliphatic rings. The van der Waals surface area contributed by atoms with E-state index < -0.39 is 0 Å². The fourth-order valence-corrected chi connectivity index (χ4v) is 3.35. The van der Waals surface area contributed by atoms with Gasteiger partial charge in [-0.25, -0.2) is 0 Å². The minimum atomic E-state index is 0.281. The number of nitrogens with zero attached hydrogens (tertiary/aromatic N) is 3. The zero-order valence-electron chi connectivity index (χ0n) is 11.8. The van der Waals surface area contributed by atoms with E-state index >= 15 is 0 Å². The Morgan fingerprint density at radius 1 is 1.40 bits per heavy atom. The zero-order valence-corrected chi connectivity index (χ0v) is 12.6. The summed E-state index contributed by atoms with van der Waals surface area (Å²) in [6, 6.07) is 6.25. The molecule has 2 aromatic rings. The number of halogens is 1. The van der Waals surface area contributed by atoms with Gasteiger partial charge in [0.2, 0.25) is 0 Å². The fraction of sp³-hybridized carbons (Fsp3) is 0.533. The predicted octanol–water partition coefficient (Wildman–Crippen LogP) is 2.54. The molecule has 1 saturated heterocycles. The highest BCUT2D eigenvalue weighted by Crippen LogP contribution is 2.27. The van der Waals surface area contributed by atoms with Crippen LogP contribution in [-0.4, -0.2) is 33.8 Å². The Hall–Kier alpha value is -1.10. The summed E-state index contributed by atoms with van der Waals surface area (Å²) in [5.74, 6) is 0. The second-order valence-corrected chi connectivity index (χ2v) is 6.10. The van der Waals surface area contributed by atoms with Crippen LogP contribution in [0.1, 0.15) is 25.0 Å². The standard InChI is InChI=1S/C15H21ClN4/c1-19-14-7-4-6-12(16)15(14)13(18-19)10-20-8-3-2-5-11(17)9-20/h4,6-7,11H,2-3,5,8-10,17H2,1H3/t11-/m0/s1. The van der Waals surface area contributed by atoms with E-state index in [0.29, 0.717) is 0 Å². The largest absolute Gasteiger partial charge is 0.327 e. The van der Waals surface area contributed by atoms with Gasteiger partial charge in [-0.15, -0.1) is 0 Å². The van der Waals surface area contributed by atoms with E-state index in [1.807, 2.05) is 23.9 Å². The van der Waals surface area contributed by atoms with Gasteiger partial charge in [-0.05, 0) is 31.5 Å². The highest BCUT2D eigenvalue weighted by Gasteiger charge is 2.19. The normalized spacial score (nSPS) is 21.2. The van der Waals surface area contributed by atoms with Gasteiger partial charge in [-0.3, -0.25) is 9.58 Å². The van der Waals surface area contributed by atoms with Gasteiger partial charge in [0.1, 0.15) is 0 Å². The summed E-state index contributed by atoms with van der Waals surface area (Å²) in [6.45, 7) is 2.87. The van der Waals surface area contributed by atoms with Gasteiger partial charge < -0.3 is 5.73 Å². The molecule has 3 rings (SSSR count). The van der Waals surface area contributed by atoms with Gasteiger partial charge in [0.15, 0.2) is 0 Å². The Morgan fingerprint density at radius 3 is 3.10 bits per heavy atom. The second kappa shape index (κ2) is 5.72. The van der Waals surface area contributed by atoms with Crippen molar-refractivity contribution in [2.45, 2.75) is 31.8 Å². The van der Waals surface area contributed by atoms with Gasteiger partial charge in [0, 0.05) is 31.6 Å². The third kappa shape index (κ3) is 2.68. The Bertz CT molecular complexity index is 607. The molecular formula is C15H21ClN4. The van der Waals surface area contributed by atoms with E-state index in [1.165, 1.54) is 12.8 Å². The maximum Gasteiger partial charge on any atom is 0.0858 e. The van der Waals surface area contributed by atoms with Crippen molar-refractivity contribution in [3.8, 4) is 0 Å². The van der Waals surface area contributed by atoms with Crippen LogP contribution in [0, 0.1) is 0 Å². The minimum absolute atomic E-state index is 0.281. The van der Waals surface area contributed by atoms with Crippen molar-refractivity contribution in [2.75, 3.05) is 13.1 Å². The van der Waals surface area contributed by atoms with Gasteiger partial charge in [0.05, 0.1) is 16.2 Å². The van der Waals surface area contributed by atoms with Crippen molar-refractivity contribution in [2.24, 2.45) is 12.8 Å². The number of benzene rings is 1. The van der Waals surface area contributed by atoms with Gasteiger partial charge in [0.25, 0.3) is 0 Å². The number of rotatable bonds is 2. The van der Waals surface area contributed by atoms with Crippen LogP contribution in [0.4, 0.5) is 0 Å². The molecule has 1 aromatic carbocycles. The first-order chi connectivity index (χ1) is 9.65. The van der Waals surface area contributed by atoms with Crippen LogP contribution in [0.2, 0.25) is 5.02 Å². The summed E-state index contributed by atoms with van der Waals surface area (Å²) in [7, 11) is 1.97. The van der Waals surface area contributed by atoms with E-state index in [4.69, 9.17) is 17.3 Å². The molecule has 0 saturated carbocycles. The third-order valence-corrected chi connectivity index (χ3v) is 4.38. The summed E-state index contributed by atoms with van der Waals surface area (Å²) >= 11 is 6.36. The van der Waals surface area contributed by atoms with E-state index in [9.17, 15) is 0 Å². The molecule has 20 heavy (non-hydrogen) atoms. The topological polar surface area (TPSA) is 47.1 Å². The Labute approximate surface area is 124 Å². The van der Waals surface area contributed by atoms with Crippen molar-refractivity contribution in [3.63, 3.8) is 0 Å². The number of hydrogen-bond acceptors (Lipinski definition) is 3. The van der Waals surface area contributed by atoms with Gasteiger partial charge in [-0.2, -0.15) is 5.10 Å². The molecule has 0 unspecified atom stereocenters. The molecule has 1 aliphatic heterocycles. The van der Waals surface area contributed by atoms with E-state index in [2.05, 4.69) is 16.1 Å². The lowest BCUT2D eigenvalue weighted by atomic mass is 10.1. The van der Waals surface area contributed by atoms with Gasteiger partial charge in [-0.1, -0.05) is 24.1 Å². The summed E-state index contributed by atoms with van der Waals surface area (Å²) in [5.41, 5.74) is 8.28. The lowest BCUT2D eigenvalue weighted by Crippen LogP contribution is -2.35. The molecule has 0 bridgehead atoms. The van der Waals surface area contributed by atoms with Crippen LogP contribution in [0.15, 0.2) is 18.2 Å². The van der Waals surface area contributed by atoms with Crippen molar-refractivity contribution < 1.29 is 0 Å². The molecule has 1 aromatic heterocycles. The van der Waals surface area contributed by atoms with Crippen LogP contribution in [-0.2, 0) is 13.6 Å². The summed E-state index contributed by atoms with van der Waals surface area (Å²) in [5, 5.41) is 6.51. The molecule has 2 heterocycles. The Balaban J connectivity index is 1.90. The number of nitrogens with two attached hydrogens (primary N) is 1. The highest BCUT2D eigenvalue weighted by atomic mass is 35.5. The van der Waals surface area contributed by atoms with Crippen molar-refractivity contribution >= 4 is 22.5 Å². The third-order valence-electron chi connectivity index (χ3n) is 4.06. The number of aromatic nitrogens is 2. The SMILES string of the molecule is Cn1nc(CN2CCCC[C@H](N)C2)c2c(Cl)cccc21. The Morgan fingerprint density at radius 2 is 2.25 bits per heavy atom. The van der Waals surface area contributed by atoms with E-state index in [0.717, 1.165) is 47.7 Å². The molecule has 4 nitrogen and oxygen atoms in total. The van der Waals surface area contributed by atoms with Crippen molar-refractivity contribution in [1.82, 2.24) is 14.7 Å². The molecule has 1 fully saturated rings. The maximum atomic E-state index is 6.36. The molecule has 5 heteroatoms. The van der Waals surface area contributed by atoms with Crippen LogP contribution in [0.25, 0.3) is 10.9 Å².